The average molecular weight is 410 g/mol. The van der Waals surface area contributed by atoms with E-state index < -0.39 is 5.54 Å². The first kappa shape index (κ1) is 20.1. The molecule has 2 aromatic carbocycles. The molecular weight excluding hydrogens is 384 g/mol. The number of benzene rings is 2. The van der Waals surface area contributed by atoms with Crippen LogP contribution in [0.5, 0.6) is 17.2 Å². The molecule has 0 aliphatic carbocycles. The van der Waals surface area contributed by atoms with Crippen molar-refractivity contribution in [2.45, 2.75) is 24.8 Å². The smallest absolute Gasteiger partial charge is 0.254 e. The first-order chi connectivity index (χ1) is 14.5. The van der Waals surface area contributed by atoms with Crippen molar-refractivity contribution in [1.29, 1.82) is 0 Å². The molecule has 2 aliphatic rings. The summed E-state index contributed by atoms with van der Waals surface area (Å²) in [4.78, 5) is 27.8. The maximum Gasteiger partial charge on any atom is 0.254 e. The zero-order valence-electron chi connectivity index (χ0n) is 17.5. The summed E-state index contributed by atoms with van der Waals surface area (Å²) in [6.07, 6.45) is 2.33. The molecule has 158 valence electrons. The molecule has 7 nitrogen and oxygen atoms in total. The van der Waals surface area contributed by atoms with Crippen LogP contribution in [0.25, 0.3) is 0 Å². The van der Waals surface area contributed by atoms with Gasteiger partial charge in [0, 0.05) is 24.2 Å². The van der Waals surface area contributed by atoms with E-state index in [1.807, 2.05) is 24.3 Å². The fraction of sp³-hybridized carbons (Fsp3) is 0.391. The Bertz CT molecular complexity index is 964. The van der Waals surface area contributed by atoms with Crippen LogP contribution in [0.15, 0.2) is 36.4 Å². The highest BCUT2D eigenvalue weighted by atomic mass is 16.5. The van der Waals surface area contributed by atoms with E-state index in [1.165, 1.54) is 21.3 Å². The van der Waals surface area contributed by atoms with E-state index in [-0.39, 0.29) is 11.8 Å². The van der Waals surface area contributed by atoms with Crippen molar-refractivity contribution in [3.05, 3.63) is 53.1 Å². The number of amides is 2. The highest BCUT2D eigenvalue weighted by Crippen LogP contribution is 2.39. The van der Waals surface area contributed by atoms with Crippen LogP contribution in [0.3, 0.4) is 0 Å². The van der Waals surface area contributed by atoms with Crippen LogP contribution in [0.2, 0.25) is 0 Å². The zero-order chi connectivity index (χ0) is 21.3. The van der Waals surface area contributed by atoms with Gasteiger partial charge in [-0.05, 0) is 43.0 Å². The molecule has 0 aromatic heterocycles. The number of fused-ring (bicyclic) bond motifs is 1. The van der Waals surface area contributed by atoms with Crippen molar-refractivity contribution >= 4 is 11.8 Å². The van der Waals surface area contributed by atoms with Crippen LogP contribution >= 0.6 is 0 Å². The number of carbonyl (C=O) groups excluding carboxylic acids is 2. The van der Waals surface area contributed by atoms with Gasteiger partial charge in [0.2, 0.25) is 5.75 Å². The molecule has 1 fully saturated rings. The molecule has 1 atom stereocenters. The predicted molar refractivity (Wildman–Crippen MR) is 112 cm³/mol. The van der Waals surface area contributed by atoms with Gasteiger partial charge in [-0.15, -0.1) is 0 Å². The molecule has 7 heteroatoms. The second kappa shape index (κ2) is 7.89. The van der Waals surface area contributed by atoms with Crippen molar-refractivity contribution in [3.8, 4) is 17.2 Å². The summed E-state index contributed by atoms with van der Waals surface area (Å²) in [5, 5.41) is 3.21. The minimum absolute atomic E-state index is 0.0646. The number of methoxy groups -OCH3 is 3. The number of nitrogens with zero attached hydrogens (tertiary/aromatic N) is 1. The van der Waals surface area contributed by atoms with E-state index >= 15 is 0 Å². The molecule has 1 N–H and O–H groups in total. The second-order valence-corrected chi connectivity index (χ2v) is 7.78. The number of hydrogen-bond donors (Lipinski definition) is 1. The average Bonchev–Trinajstić information content (AvgIpc) is 3.13. The summed E-state index contributed by atoms with van der Waals surface area (Å²) in [5.74, 6) is 1.13. The largest absolute Gasteiger partial charge is 0.493 e. The molecule has 1 saturated heterocycles. The lowest BCUT2D eigenvalue weighted by molar-refractivity contribution is 0.0763. The summed E-state index contributed by atoms with van der Waals surface area (Å²) in [5.41, 5.74) is 1.83. The SMILES string of the molecule is COc1cc(C(=O)N2CC[C@]3(CCc4ccccc4C(=O)N3)C2)cc(OC)c1OC. The van der Waals surface area contributed by atoms with Crippen LogP contribution < -0.4 is 19.5 Å². The van der Waals surface area contributed by atoms with Crippen LogP contribution in [-0.4, -0.2) is 56.7 Å². The van der Waals surface area contributed by atoms with E-state index in [0.29, 0.717) is 35.9 Å². The third-order valence-corrected chi connectivity index (χ3v) is 6.07. The Morgan fingerprint density at radius 3 is 2.40 bits per heavy atom. The molecule has 0 saturated carbocycles. The number of likely N-dealkylation sites (tertiary alicyclic amines) is 1. The minimum atomic E-state index is -0.410. The van der Waals surface area contributed by atoms with Crippen molar-refractivity contribution in [2.24, 2.45) is 0 Å². The summed E-state index contributed by atoms with van der Waals surface area (Å²) in [6.45, 7) is 1.05. The van der Waals surface area contributed by atoms with Crippen molar-refractivity contribution in [2.75, 3.05) is 34.4 Å². The first-order valence-electron chi connectivity index (χ1n) is 10.00. The lowest BCUT2D eigenvalue weighted by atomic mass is 9.91. The number of nitrogens with one attached hydrogen (secondary N) is 1. The lowest BCUT2D eigenvalue weighted by Gasteiger charge is -2.29. The monoisotopic (exact) mass is 410 g/mol. The van der Waals surface area contributed by atoms with Gasteiger partial charge in [-0.2, -0.15) is 0 Å². The molecule has 0 radical (unpaired) electrons. The van der Waals surface area contributed by atoms with Crippen LogP contribution in [0.1, 0.15) is 39.1 Å². The molecule has 4 rings (SSSR count). The van der Waals surface area contributed by atoms with E-state index in [2.05, 4.69) is 5.32 Å². The van der Waals surface area contributed by atoms with Gasteiger partial charge >= 0.3 is 0 Å². The Labute approximate surface area is 175 Å². The third-order valence-electron chi connectivity index (χ3n) is 6.07. The maximum absolute atomic E-state index is 13.3. The van der Waals surface area contributed by atoms with Gasteiger partial charge in [0.15, 0.2) is 11.5 Å². The summed E-state index contributed by atoms with van der Waals surface area (Å²) in [6, 6.07) is 11.0. The van der Waals surface area contributed by atoms with Crippen molar-refractivity contribution in [1.82, 2.24) is 10.2 Å². The van der Waals surface area contributed by atoms with Gasteiger partial charge in [-0.1, -0.05) is 18.2 Å². The van der Waals surface area contributed by atoms with Gasteiger partial charge in [0.25, 0.3) is 11.8 Å². The van der Waals surface area contributed by atoms with Gasteiger partial charge in [-0.25, -0.2) is 0 Å². The van der Waals surface area contributed by atoms with Gasteiger partial charge in [0.1, 0.15) is 0 Å². The van der Waals surface area contributed by atoms with E-state index in [0.717, 1.165) is 30.4 Å². The van der Waals surface area contributed by atoms with Gasteiger partial charge in [-0.3, -0.25) is 9.59 Å². The zero-order valence-corrected chi connectivity index (χ0v) is 17.5. The van der Waals surface area contributed by atoms with Crippen molar-refractivity contribution < 1.29 is 23.8 Å². The second-order valence-electron chi connectivity index (χ2n) is 7.78. The normalized spacial score (nSPS) is 20.4. The Morgan fingerprint density at radius 1 is 1.03 bits per heavy atom. The minimum Gasteiger partial charge on any atom is -0.493 e. The summed E-state index contributed by atoms with van der Waals surface area (Å²) < 4.78 is 16.1. The Morgan fingerprint density at radius 2 is 1.73 bits per heavy atom. The molecule has 2 heterocycles. The van der Waals surface area contributed by atoms with Gasteiger partial charge in [0.05, 0.1) is 26.9 Å². The quantitative estimate of drug-likeness (QED) is 0.839. The molecule has 30 heavy (non-hydrogen) atoms. The number of aryl methyl sites for hydroxylation is 1. The highest BCUT2D eigenvalue weighted by molar-refractivity contribution is 5.98. The maximum atomic E-state index is 13.3. The molecule has 0 unspecified atom stereocenters. The number of hydrogen-bond acceptors (Lipinski definition) is 5. The topological polar surface area (TPSA) is 77.1 Å². The Balaban J connectivity index is 1.56. The Kier molecular flexibility index (Phi) is 5.28. The third kappa shape index (κ3) is 3.44. The summed E-state index contributed by atoms with van der Waals surface area (Å²) in [7, 11) is 4.57. The van der Waals surface area contributed by atoms with Crippen LogP contribution in [0.4, 0.5) is 0 Å². The molecular formula is C23H26N2O5. The fourth-order valence-electron chi connectivity index (χ4n) is 4.44. The van der Waals surface area contributed by atoms with E-state index in [4.69, 9.17) is 14.2 Å². The standard InChI is InChI=1S/C23H26N2O5/c1-28-18-12-16(13-19(29-2)20(18)30-3)22(27)25-11-10-23(14-25)9-8-15-6-4-5-7-17(15)21(26)24-23/h4-7,12-13H,8-11,14H2,1-3H3,(H,24,26)/t23-/m1/s1. The predicted octanol–water partition coefficient (Wildman–Crippen LogP) is 2.67. The number of ether oxygens (including phenoxy) is 3. The number of rotatable bonds is 4. The molecule has 1 spiro atoms. The molecule has 0 bridgehead atoms. The molecule has 2 amide bonds. The lowest BCUT2D eigenvalue weighted by Crippen LogP contribution is -2.50. The van der Waals surface area contributed by atoms with E-state index in [1.54, 1.807) is 17.0 Å². The first-order valence-corrected chi connectivity index (χ1v) is 10.00. The van der Waals surface area contributed by atoms with Gasteiger partial charge < -0.3 is 24.4 Å². The molecule has 2 aliphatic heterocycles. The Hall–Kier alpha value is -3.22. The van der Waals surface area contributed by atoms with E-state index in [9.17, 15) is 9.59 Å². The summed E-state index contributed by atoms with van der Waals surface area (Å²) >= 11 is 0. The van der Waals surface area contributed by atoms with Crippen LogP contribution in [-0.2, 0) is 6.42 Å². The highest BCUT2D eigenvalue weighted by Gasteiger charge is 2.43. The molecule has 2 aromatic rings. The van der Waals surface area contributed by atoms with Crippen LogP contribution in [0, 0.1) is 0 Å². The number of carbonyl (C=O) groups is 2. The van der Waals surface area contributed by atoms with Crippen molar-refractivity contribution in [3.63, 3.8) is 0 Å². The fourth-order valence-corrected chi connectivity index (χ4v) is 4.44.